The molecule has 0 unspecified atom stereocenters. The molecule has 2 N–H and O–H groups in total. The third-order valence-corrected chi connectivity index (χ3v) is 3.21. The largest absolute Gasteiger partial charge is 0.326 e. The molecule has 2 aromatic rings. The average Bonchev–Trinajstić information content (AvgIpc) is 2.46. The molecule has 0 bridgehead atoms. The number of rotatable bonds is 3. The van der Waals surface area contributed by atoms with Crippen LogP contribution in [0.15, 0.2) is 48.5 Å². The van der Waals surface area contributed by atoms with Crippen LogP contribution in [-0.4, -0.2) is 13.0 Å². The van der Waals surface area contributed by atoms with Crippen molar-refractivity contribution in [3.05, 3.63) is 65.2 Å². The number of aryl methyl sites for hydroxylation is 1. The highest BCUT2D eigenvalue weighted by atomic mass is 16.2. The van der Waals surface area contributed by atoms with Gasteiger partial charge in [0.05, 0.1) is 0 Å². The van der Waals surface area contributed by atoms with E-state index in [1.54, 1.807) is 11.9 Å². The highest BCUT2D eigenvalue weighted by molar-refractivity contribution is 6.06. The number of benzene rings is 2. The van der Waals surface area contributed by atoms with Gasteiger partial charge in [-0.1, -0.05) is 30.3 Å². The summed E-state index contributed by atoms with van der Waals surface area (Å²) >= 11 is 0. The van der Waals surface area contributed by atoms with Gasteiger partial charge in [0, 0.05) is 24.8 Å². The van der Waals surface area contributed by atoms with E-state index in [2.05, 4.69) is 0 Å². The Morgan fingerprint density at radius 1 is 1.16 bits per heavy atom. The number of carbonyl (C=O) groups excluding carboxylic acids is 1. The minimum atomic E-state index is -0.00716. The fraction of sp³-hybridized carbons (Fsp3) is 0.188. The molecule has 1 amide bonds. The van der Waals surface area contributed by atoms with Crippen molar-refractivity contribution in [3.8, 4) is 0 Å². The zero-order chi connectivity index (χ0) is 13.8. The van der Waals surface area contributed by atoms with Gasteiger partial charge < -0.3 is 10.6 Å². The lowest BCUT2D eigenvalue weighted by molar-refractivity contribution is 0.0992. The Morgan fingerprint density at radius 3 is 2.58 bits per heavy atom. The molecule has 0 spiro atoms. The monoisotopic (exact) mass is 254 g/mol. The summed E-state index contributed by atoms with van der Waals surface area (Å²) in [5.41, 5.74) is 9.21. The van der Waals surface area contributed by atoms with Gasteiger partial charge in [-0.05, 0) is 36.2 Å². The Kier molecular flexibility index (Phi) is 3.97. The van der Waals surface area contributed by atoms with Crippen molar-refractivity contribution in [3.63, 3.8) is 0 Å². The number of carbonyl (C=O) groups is 1. The smallest absolute Gasteiger partial charge is 0.258 e. The number of nitrogens with two attached hydrogens (primary N) is 1. The second-order valence-electron chi connectivity index (χ2n) is 4.55. The van der Waals surface area contributed by atoms with Gasteiger partial charge in [-0.2, -0.15) is 0 Å². The molecule has 0 aliphatic rings. The lowest BCUT2D eigenvalue weighted by Gasteiger charge is -2.19. The summed E-state index contributed by atoms with van der Waals surface area (Å²) in [6.45, 7) is 2.41. The van der Waals surface area contributed by atoms with E-state index < -0.39 is 0 Å². The number of anilines is 1. The Morgan fingerprint density at radius 2 is 1.89 bits per heavy atom. The highest BCUT2D eigenvalue weighted by Crippen LogP contribution is 2.18. The average molecular weight is 254 g/mol. The van der Waals surface area contributed by atoms with Gasteiger partial charge in [-0.3, -0.25) is 4.79 Å². The van der Waals surface area contributed by atoms with Crippen LogP contribution in [0.1, 0.15) is 21.5 Å². The first-order valence-corrected chi connectivity index (χ1v) is 6.26. The minimum Gasteiger partial charge on any atom is -0.326 e. The fourth-order valence-electron chi connectivity index (χ4n) is 2.00. The van der Waals surface area contributed by atoms with E-state index in [0.29, 0.717) is 6.54 Å². The molecule has 19 heavy (non-hydrogen) atoms. The van der Waals surface area contributed by atoms with Crippen LogP contribution in [0, 0.1) is 6.92 Å². The fourth-order valence-corrected chi connectivity index (χ4v) is 2.00. The quantitative estimate of drug-likeness (QED) is 0.915. The highest BCUT2D eigenvalue weighted by Gasteiger charge is 2.15. The number of amides is 1. The van der Waals surface area contributed by atoms with E-state index in [1.807, 2.05) is 55.5 Å². The maximum Gasteiger partial charge on any atom is 0.258 e. The van der Waals surface area contributed by atoms with E-state index in [0.717, 1.165) is 22.4 Å². The first kappa shape index (κ1) is 13.3. The van der Waals surface area contributed by atoms with Gasteiger partial charge in [0.25, 0.3) is 5.91 Å². The third kappa shape index (κ3) is 2.83. The Balaban J connectivity index is 2.31. The summed E-state index contributed by atoms with van der Waals surface area (Å²) in [6, 6.07) is 15.3. The van der Waals surface area contributed by atoms with Gasteiger partial charge in [-0.15, -0.1) is 0 Å². The molecular weight excluding hydrogens is 236 g/mol. The van der Waals surface area contributed by atoms with E-state index in [9.17, 15) is 4.79 Å². The molecule has 98 valence electrons. The van der Waals surface area contributed by atoms with E-state index in [4.69, 9.17) is 5.73 Å². The van der Waals surface area contributed by atoms with E-state index >= 15 is 0 Å². The molecule has 3 nitrogen and oxygen atoms in total. The molecule has 0 atom stereocenters. The van der Waals surface area contributed by atoms with Crippen LogP contribution < -0.4 is 10.6 Å². The number of hydrogen-bond donors (Lipinski definition) is 1. The maximum absolute atomic E-state index is 12.5. The summed E-state index contributed by atoms with van der Waals surface area (Å²) < 4.78 is 0. The van der Waals surface area contributed by atoms with Gasteiger partial charge in [0.1, 0.15) is 0 Å². The van der Waals surface area contributed by atoms with Crippen LogP contribution in [0.4, 0.5) is 5.69 Å². The Labute approximate surface area is 113 Å². The third-order valence-electron chi connectivity index (χ3n) is 3.21. The molecule has 0 radical (unpaired) electrons. The molecule has 0 aromatic heterocycles. The molecule has 0 fully saturated rings. The zero-order valence-electron chi connectivity index (χ0n) is 11.3. The van der Waals surface area contributed by atoms with Crippen LogP contribution in [0.25, 0.3) is 0 Å². The molecule has 2 aromatic carbocycles. The zero-order valence-corrected chi connectivity index (χ0v) is 11.3. The molecule has 0 aliphatic heterocycles. The minimum absolute atomic E-state index is 0.00716. The lowest BCUT2D eigenvalue weighted by atomic mass is 10.1. The molecule has 3 heteroatoms. The molecule has 2 rings (SSSR count). The van der Waals surface area contributed by atoms with Crippen molar-refractivity contribution in [2.45, 2.75) is 13.5 Å². The normalized spacial score (nSPS) is 10.3. The first-order chi connectivity index (χ1) is 9.13. The van der Waals surface area contributed by atoms with Crippen LogP contribution >= 0.6 is 0 Å². The van der Waals surface area contributed by atoms with E-state index in [-0.39, 0.29) is 5.91 Å². The molecule has 0 saturated carbocycles. The summed E-state index contributed by atoms with van der Waals surface area (Å²) in [7, 11) is 1.78. The standard InChI is InChI=1S/C16H18N2O/c1-12-6-3-4-9-15(12)16(19)18(2)14-8-5-7-13(10-14)11-17/h3-10H,11,17H2,1-2H3. The molecule has 0 saturated heterocycles. The van der Waals surface area contributed by atoms with Gasteiger partial charge in [-0.25, -0.2) is 0 Å². The van der Waals surface area contributed by atoms with Gasteiger partial charge in [0.2, 0.25) is 0 Å². The van der Waals surface area contributed by atoms with Crippen molar-refractivity contribution >= 4 is 11.6 Å². The lowest BCUT2D eigenvalue weighted by Crippen LogP contribution is -2.27. The van der Waals surface area contributed by atoms with Crippen LogP contribution in [0.5, 0.6) is 0 Å². The van der Waals surface area contributed by atoms with Crippen LogP contribution in [0.2, 0.25) is 0 Å². The summed E-state index contributed by atoms with van der Waals surface area (Å²) in [5.74, 6) is -0.00716. The summed E-state index contributed by atoms with van der Waals surface area (Å²) in [6.07, 6.45) is 0. The van der Waals surface area contributed by atoms with Crippen molar-refractivity contribution < 1.29 is 4.79 Å². The van der Waals surface area contributed by atoms with E-state index in [1.165, 1.54) is 0 Å². The van der Waals surface area contributed by atoms with Crippen molar-refractivity contribution in [2.75, 3.05) is 11.9 Å². The SMILES string of the molecule is Cc1ccccc1C(=O)N(C)c1cccc(CN)c1. The van der Waals surface area contributed by atoms with Crippen molar-refractivity contribution in [2.24, 2.45) is 5.73 Å². The van der Waals surface area contributed by atoms with Crippen molar-refractivity contribution in [1.29, 1.82) is 0 Å². The number of nitrogens with zero attached hydrogens (tertiary/aromatic N) is 1. The summed E-state index contributed by atoms with van der Waals surface area (Å²) in [4.78, 5) is 14.1. The molecule has 0 aliphatic carbocycles. The summed E-state index contributed by atoms with van der Waals surface area (Å²) in [5, 5.41) is 0. The van der Waals surface area contributed by atoms with Crippen LogP contribution in [0.3, 0.4) is 0 Å². The molecular formula is C16H18N2O. The van der Waals surface area contributed by atoms with Gasteiger partial charge in [0.15, 0.2) is 0 Å². The number of hydrogen-bond acceptors (Lipinski definition) is 2. The Hall–Kier alpha value is -2.13. The maximum atomic E-state index is 12.5. The second-order valence-corrected chi connectivity index (χ2v) is 4.55. The predicted octanol–water partition coefficient (Wildman–Crippen LogP) is 2.73. The van der Waals surface area contributed by atoms with Gasteiger partial charge >= 0.3 is 0 Å². The van der Waals surface area contributed by atoms with Crippen LogP contribution in [-0.2, 0) is 6.54 Å². The Bertz CT molecular complexity index is 593. The molecule has 0 heterocycles. The van der Waals surface area contributed by atoms with Crippen molar-refractivity contribution in [1.82, 2.24) is 0 Å². The topological polar surface area (TPSA) is 46.3 Å². The first-order valence-electron chi connectivity index (χ1n) is 6.26. The predicted molar refractivity (Wildman–Crippen MR) is 78.2 cm³/mol. The second kappa shape index (κ2) is 5.67.